The zero-order valence-corrected chi connectivity index (χ0v) is 27.7. The lowest BCUT2D eigenvalue weighted by Gasteiger charge is -2.31. The first-order valence-corrected chi connectivity index (χ1v) is 15.4. The monoisotopic (exact) mass is 566 g/mol. The number of allylic oxidation sites excluding steroid dienone is 1. The number of nitrogens with zero attached hydrogens (tertiary/aromatic N) is 4. The van der Waals surface area contributed by atoms with Crippen LogP contribution in [0.3, 0.4) is 0 Å². The van der Waals surface area contributed by atoms with E-state index in [4.69, 9.17) is 9.72 Å². The van der Waals surface area contributed by atoms with E-state index in [0.29, 0.717) is 29.3 Å². The highest BCUT2D eigenvalue weighted by Gasteiger charge is 2.27. The van der Waals surface area contributed by atoms with E-state index in [1.54, 1.807) is 19.1 Å². The number of pyridine rings is 1. The van der Waals surface area contributed by atoms with Crippen molar-refractivity contribution in [2.75, 3.05) is 38.1 Å². The Morgan fingerprint density at radius 2 is 1.56 bits per heavy atom. The van der Waals surface area contributed by atoms with Gasteiger partial charge in [0.05, 0.1) is 12.8 Å². The molecular formula is C34H54N4O3. The van der Waals surface area contributed by atoms with Crippen molar-refractivity contribution in [1.82, 2.24) is 9.88 Å². The molecular weight excluding hydrogens is 512 g/mol. The Kier molecular flexibility index (Phi) is 15.2. The van der Waals surface area contributed by atoms with Crippen molar-refractivity contribution in [3.63, 3.8) is 0 Å². The minimum absolute atomic E-state index is 0.0252. The first kappa shape index (κ1) is 35.7. The molecule has 228 valence electrons. The van der Waals surface area contributed by atoms with Gasteiger partial charge in [0.25, 0.3) is 11.8 Å². The summed E-state index contributed by atoms with van der Waals surface area (Å²) >= 11 is 0. The molecule has 41 heavy (non-hydrogen) atoms. The number of ether oxygens (including phenoxy) is 1. The van der Waals surface area contributed by atoms with Crippen LogP contribution < -0.4 is 14.5 Å². The Bertz CT molecular complexity index is 1170. The molecule has 0 bridgehead atoms. The lowest BCUT2D eigenvalue weighted by molar-refractivity contribution is -0.114. The molecule has 1 aliphatic heterocycles. The summed E-state index contributed by atoms with van der Waals surface area (Å²) in [6.07, 6.45) is 6.33. The number of amides is 2. The SMILES string of the molecule is CC.CC.CC.COc1cc(C(=O)N(C)C2CCCCC2)ccc1Cc1ccc2c(n1)N(C)C(C)=C(C)C(=O)N2C. The van der Waals surface area contributed by atoms with Crippen LogP contribution in [0.25, 0.3) is 0 Å². The van der Waals surface area contributed by atoms with Gasteiger partial charge in [-0.25, -0.2) is 4.98 Å². The van der Waals surface area contributed by atoms with Crippen molar-refractivity contribution in [3.8, 4) is 5.75 Å². The van der Waals surface area contributed by atoms with Crippen LogP contribution in [-0.2, 0) is 11.2 Å². The Morgan fingerprint density at radius 1 is 0.951 bits per heavy atom. The second-order valence-electron chi connectivity index (χ2n) is 9.69. The number of methoxy groups -OCH3 is 1. The second-order valence-corrected chi connectivity index (χ2v) is 9.69. The van der Waals surface area contributed by atoms with Crippen molar-refractivity contribution in [3.05, 3.63) is 58.4 Å². The number of benzene rings is 1. The first-order chi connectivity index (χ1) is 19.7. The summed E-state index contributed by atoms with van der Waals surface area (Å²) in [5.41, 5.74) is 4.82. The van der Waals surface area contributed by atoms with E-state index in [2.05, 4.69) is 0 Å². The van der Waals surface area contributed by atoms with Gasteiger partial charge >= 0.3 is 0 Å². The molecule has 1 saturated carbocycles. The molecule has 1 aromatic carbocycles. The minimum Gasteiger partial charge on any atom is -0.496 e. The standard InChI is InChI=1S/C28H36N4O3.3C2H6/c1-18-19(2)30(3)26-24(32(5)27(18)33)15-14-22(29-26)16-20-12-13-21(17-25(20)35-6)28(34)31(4)23-10-8-7-9-11-23;3*1-2/h12-15,17,23H,7-11,16H2,1-6H3;3*1-2H3. The van der Waals surface area contributed by atoms with Crippen LogP contribution in [0.5, 0.6) is 5.75 Å². The van der Waals surface area contributed by atoms with Gasteiger partial charge < -0.3 is 19.4 Å². The van der Waals surface area contributed by atoms with Crippen LogP contribution in [0.2, 0.25) is 0 Å². The van der Waals surface area contributed by atoms with Crippen molar-refractivity contribution < 1.29 is 14.3 Å². The van der Waals surface area contributed by atoms with Crippen LogP contribution in [0.4, 0.5) is 11.5 Å². The number of rotatable bonds is 5. The van der Waals surface area contributed by atoms with Gasteiger partial charge in [-0.15, -0.1) is 0 Å². The van der Waals surface area contributed by atoms with Gasteiger partial charge in [0.2, 0.25) is 0 Å². The van der Waals surface area contributed by atoms with E-state index < -0.39 is 0 Å². The molecule has 2 aliphatic rings. The van der Waals surface area contributed by atoms with Gasteiger partial charge in [0.1, 0.15) is 5.75 Å². The molecule has 0 saturated heterocycles. The van der Waals surface area contributed by atoms with Gasteiger partial charge in [-0.2, -0.15) is 0 Å². The van der Waals surface area contributed by atoms with E-state index in [9.17, 15) is 9.59 Å². The molecule has 4 rings (SSSR count). The predicted octanol–water partition coefficient (Wildman–Crippen LogP) is 7.87. The maximum Gasteiger partial charge on any atom is 0.255 e. The molecule has 1 fully saturated rings. The van der Waals surface area contributed by atoms with Crippen LogP contribution >= 0.6 is 0 Å². The Morgan fingerprint density at radius 3 is 2.15 bits per heavy atom. The average Bonchev–Trinajstić information content (AvgIpc) is 3.10. The van der Waals surface area contributed by atoms with Gasteiger partial charge in [0.15, 0.2) is 5.82 Å². The maximum atomic E-state index is 13.1. The third-order valence-corrected chi connectivity index (χ3v) is 7.61. The van der Waals surface area contributed by atoms with Crippen molar-refractivity contribution in [1.29, 1.82) is 0 Å². The summed E-state index contributed by atoms with van der Waals surface area (Å²) in [6.45, 7) is 15.8. The highest BCUT2D eigenvalue weighted by molar-refractivity contribution is 6.08. The number of fused-ring (bicyclic) bond motifs is 1. The number of hydrogen-bond donors (Lipinski definition) is 0. The Labute approximate surface area is 249 Å². The van der Waals surface area contributed by atoms with Gasteiger partial charge in [0, 0.05) is 61.7 Å². The van der Waals surface area contributed by atoms with Crippen LogP contribution in [0.15, 0.2) is 41.6 Å². The lowest BCUT2D eigenvalue weighted by Crippen LogP contribution is -2.38. The molecule has 2 heterocycles. The fourth-order valence-electron chi connectivity index (χ4n) is 5.07. The molecule has 2 amide bonds. The topological polar surface area (TPSA) is 66.0 Å². The first-order valence-electron chi connectivity index (χ1n) is 15.4. The van der Waals surface area contributed by atoms with Crippen LogP contribution in [0.1, 0.15) is 109 Å². The molecule has 0 spiro atoms. The molecule has 7 nitrogen and oxygen atoms in total. The molecule has 0 N–H and O–H groups in total. The fourth-order valence-corrected chi connectivity index (χ4v) is 5.07. The zero-order valence-electron chi connectivity index (χ0n) is 27.7. The highest BCUT2D eigenvalue weighted by Crippen LogP contribution is 2.34. The van der Waals surface area contributed by atoms with E-state index in [1.165, 1.54) is 19.3 Å². The predicted molar refractivity (Wildman–Crippen MR) is 173 cm³/mol. The normalized spacial score (nSPS) is 14.8. The lowest BCUT2D eigenvalue weighted by atomic mass is 9.94. The summed E-state index contributed by atoms with van der Waals surface area (Å²) in [5, 5.41) is 0. The average molecular weight is 567 g/mol. The number of carbonyl (C=O) groups is 2. The second kappa shape index (κ2) is 17.5. The summed E-state index contributed by atoms with van der Waals surface area (Å²) in [6, 6.07) is 9.90. The fraction of sp³-hybridized carbons (Fsp3) is 0.559. The van der Waals surface area contributed by atoms with E-state index in [1.807, 2.05) is 110 Å². The minimum atomic E-state index is -0.0252. The molecule has 7 heteroatoms. The summed E-state index contributed by atoms with van der Waals surface area (Å²) in [4.78, 5) is 36.3. The van der Waals surface area contributed by atoms with E-state index in [-0.39, 0.29) is 11.8 Å². The van der Waals surface area contributed by atoms with Crippen LogP contribution in [0, 0.1) is 0 Å². The largest absolute Gasteiger partial charge is 0.496 e. The van der Waals surface area contributed by atoms with Crippen LogP contribution in [-0.4, -0.2) is 56.0 Å². The number of hydrogen-bond acceptors (Lipinski definition) is 5. The number of likely N-dealkylation sites (N-methyl/N-ethyl adjacent to an activating group) is 1. The maximum absolute atomic E-state index is 13.1. The molecule has 2 aromatic rings. The number of anilines is 2. The van der Waals surface area contributed by atoms with Gasteiger partial charge in [-0.1, -0.05) is 66.9 Å². The van der Waals surface area contributed by atoms with Gasteiger partial charge in [-0.05, 0) is 51.0 Å². The van der Waals surface area contributed by atoms with Crippen molar-refractivity contribution >= 4 is 23.3 Å². The zero-order chi connectivity index (χ0) is 31.3. The third kappa shape index (κ3) is 8.34. The number of aromatic nitrogens is 1. The van der Waals surface area contributed by atoms with Gasteiger partial charge in [-0.3, -0.25) is 9.59 Å². The summed E-state index contributed by atoms with van der Waals surface area (Å²) in [5.74, 6) is 1.43. The summed E-state index contributed by atoms with van der Waals surface area (Å²) in [7, 11) is 7.26. The molecule has 0 atom stereocenters. The van der Waals surface area contributed by atoms with Crippen molar-refractivity contribution in [2.45, 2.75) is 100.0 Å². The highest BCUT2D eigenvalue weighted by atomic mass is 16.5. The summed E-state index contributed by atoms with van der Waals surface area (Å²) < 4.78 is 5.68. The molecule has 1 aliphatic carbocycles. The molecule has 0 radical (unpaired) electrons. The third-order valence-electron chi connectivity index (χ3n) is 7.61. The molecule has 0 unspecified atom stereocenters. The smallest absolute Gasteiger partial charge is 0.255 e. The van der Waals surface area contributed by atoms with Crippen molar-refractivity contribution in [2.24, 2.45) is 0 Å². The van der Waals surface area contributed by atoms with E-state index >= 15 is 0 Å². The van der Waals surface area contributed by atoms with E-state index in [0.717, 1.165) is 41.3 Å². The Balaban J connectivity index is 0.00000131. The molecule has 1 aromatic heterocycles. The quantitative estimate of drug-likeness (QED) is 0.368. The Hall–Kier alpha value is -3.35. The number of carbonyl (C=O) groups excluding carboxylic acids is 2.